The third-order valence-corrected chi connectivity index (χ3v) is 7.96. The SMILES string of the molecule is CCCCCCCCCCCCC/C=C/CCC[N+](CCCCC(=O)O)(CCCCC(=O)O)CCCCC(=O)O. The van der Waals surface area contributed by atoms with Crippen molar-refractivity contribution in [1.82, 2.24) is 0 Å². The van der Waals surface area contributed by atoms with Gasteiger partial charge in [0.25, 0.3) is 0 Å². The van der Waals surface area contributed by atoms with E-state index >= 15 is 0 Å². The van der Waals surface area contributed by atoms with Crippen molar-refractivity contribution < 1.29 is 34.2 Å². The molecule has 0 fully saturated rings. The highest BCUT2D eigenvalue weighted by Crippen LogP contribution is 2.19. The van der Waals surface area contributed by atoms with E-state index in [9.17, 15) is 14.4 Å². The molecule has 40 heavy (non-hydrogen) atoms. The fourth-order valence-electron chi connectivity index (χ4n) is 5.55. The first-order chi connectivity index (χ1) is 19.3. The Bertz CT molecular complexity index is 608. The molecule has 0 unspecified atom stereocenters. The van der Waals surface area contributed by atoms with Gasteiger partial charge in [-0.1, -0.05) is 83.3 Å². The van der Waals surface area contributed by atoms with Gasteiger partial charge in [-0.15, -0.1) is 0 Å². The zero-order valence-corrected chi connectivity index (χ0v) is 25.8. The van der Waals surface area contributed by atoms with Crippen LogP contribution in [0, 0.1) is 0 Å². The lowest BCUT2D eigenvalue weighted by molar-refractivity contribution is -0.929. The molecule has 0 aromatic carbocycles. The first-order valence-electron chi connectivity index (χ1n) is 16.5. The Morgan fingerprint density at radius 3 is 1.15 bits per heavy atom. The molecule has 0 aromatic rings. The second kappa shape index (κ2) is 27.3. The summed E-state index contributed by atoms with van der Waals surface area (Å²) in [5.74, 6) is -2.32. The van der Waals surface area contributed by atoms with Crippen LogP contribution in [0.25, 0.3) is 0 Å². The minimum atomic E-state index is -0.774. The van der Waals surface area contributed by atoms with E-state index in [1.165, 1.54) is 70.6 Å². The highest BCUT2D eigenvalue weighted by Gasteiger charge is 2.26. The number of quaternary nitrogens is 1. The fraction of sp³-hybridized carbons (Fsp3) is 0.848. The summed E-state index contributed by atoms with van der Waals surface area (Å²) < 4.78 is 0.839. The molecule has 0 amide bonds. The van der Waals surface area contributed by atoms with Crippen molar-refractivity contribution in [3.05, 3.63) is 12.2 Å². The summed E-state index contributed by atoms with van der Waals surface area (Å²) in [6.07, 6.45) is 27.6. The molecule has 0 aliphatic carbocycles. The second-order valence-electron chi connectivity index (χ2n) is 11.7. The first-order valence-corrected chi connectivity index (χ1v) is 16.5. The average molecular weight is 569 g/mol. The van der Waals surface area contributed by atoms with Crippen molar-refractivity contribution in [2.45, 2.75) is 155 Å². The quantitative estimate of drug-likeness (QED) is 0.0438. The molecule has 0 aromatic heterocycles. The van der Waals surface area contributed by atoms with Crippen molar-refractivity contribution in [2.75, 3.05) is 26.2 Å². The third kappa shape index (κ3) is 26.3. The Balaban J connectivity index is 4.51. The van der Waals surface area contributed by atoms with Gasteiger partial charge in [-0.2, -0.15) is 0 Å². The minimum Gasteiger partial charge on any atom is -0.481 e. The van der Waals surface area contributed by atoms with Crippen LogP contribution in [0.15, 0.2) is 12.2 Å². The van der Waals surface area contributed by atoms with E-state index < -0.39 is 17.9 Å². The van der Waals surface area contributed by atoms with Crippen LogP contribution in [0.5, 0.6) is 0 Å². The van der Waals surface area contributed by atoms with Crippen LogP contribution in [0.1, 0.15) is 155 Å². The highest BCUT2D eigenvalue weighted by molar-refractivity contribution is 5.67. The molecule has 234 valence electrons. The monoisotopic (exact) mass is 568 g/mol. The van der Waals surface area contributed by atoms with E-state index in [1.54, 1.807) is 0 Å². The maximum absolute atomic E-state index is 11.0. The molecule has 7 nitrogen and oxygen atoms in total. The number of hydrogen-bond donors (Lipinski definition) is 3. The number of hydrogen-bond acceptors (Lipinski definition) is 3. The van der Waals surface area contributed by atoms with Crippen LogP contribution in [0.4, 0.5) is 0 Å². The molecular formula is C33H62NO6+. The van der Waals surface area contributed by atoms with Crippen molar-refractivity contribution >= 4 is 17.9 Å². The fourth-order valence-corrected chi connectivity index (χ4v) is 5.55. The molecule has 7 heteroatoms. The number of nitrogens with zero attached hydrogens (tertiary/aromatic N) is 1. The lowest BCUT2D eigenvalue weighted by Gasteiger charge is -2.39. The molecule has 0 heterocycles. The lowest BCUT2D eigenvalue weighted by atomic mass is 10.1. The molecule has 0 spiro atoms. The van der Waals surface area contributed by atoms with Gasteiger partial charge in [0.2, 0.25) is 0 Å². The van der Waals surface area contributed by atoms with Crippen LogP contribution in [-0.4, -0.2) is 63.9 Å². The summed E-state index contributed by atoms with van der Waals surface area (Å²) in [6, 6.07) is 0. The average Bonchev–Trinajstić information content (AvgIpc) is 2.91. The molecule has 0 bridgehead atoms. The normalized spacial score (nSPS) is 11.8. The summed E-state index contributed by atoms with van der Waals surface area (Å²) in [7, 11) is 0. The smallest absolute Gasteiger partial charge is 0.303 e. The van der Waals surface area contributed by atoms with Gasteiger partial charge < -0.3 is 19.8 Å². The number of carboxylic acids is 3. The van der Waals surface area contributed by atoms with Crippen LogP contribution in [-0.2, 0) is 14.4 Å². The highest BCUT2D eigenvalue weighted by atomic mass is 16.4. The summed E-state index contributed by atoms with van der Waals surface area (Å²) >= 11 is 0. The zero-order chi connectivity index (χ0) is 29.7. The van der Waals surface area contributed by atoms with Crippen LogP contribution >= 0.6 is 0 Å². The Kier molecular flexibility index (Phi) is 26.0. The van der Waals surface area contributed by atoms with Crippen LogP contribution in [0.2, 0.25) is 0 Å². The predicted octanol–water partition coefficient (Wildman–Crippen LogP) is 8.61. The standard InChI is InChI=1S/C33H61NO6/c1-2-3-4-5-6-7-8-9-10-11-12-13-14-15-16-20-27-34(28-21-17-24-31(35)36,29-22-18-25-32(37)38)30-23-19-26-33(39)40/h14-15H,2-13,16-30H2,1H3,(H2-,35,36,37,38,39,40)/p+1/b15-14+. The van der Waals surface area contributed by atoms with E-state index in [0.29, 0.717) is 19.3 Å². The van der Waals surface area contributed by atoms with Gasteiger partial charge in [0.15, 0.2) is 0 Å². The molecule has 3 N–H and O–H groups in total. The van der Waals surface area contributed by atoms with Crippen LogP contribution in [0.3, 0.4) is 0 Å². The van der Waals surface area contributed by atoms with Gasteiger partial charge in [0.1, 0.15) is 0 Å². The van der Waals surface area contributed by atoms with Gasteiger partial charge in [-0.3, -0.25) is 14.4 Å². The Morgan fingerprint density at radius 1 is 0.450 bits per heavy atom. The molecular weight excluding hydrogens is 506 g/mol. The van der Waals surface area contributed by atoms with Crippen molar-refractivity contribution in [3.8, 4) is 0 Å². The maximum atomic E-state index is 11.0. The number of carboxylic acid groups (broad SMARTS) is 3. The summed E-state index contributed by atoms with van der Waals surface area (Å²) in [6.45, 7) is 5.84. The summed E-state index contributed by atoms with van der Waals surface area (Å²) in [5.41, 5.74) is 0. The van der Waals surface area contributed by atoms with E-state index in [1.807, 2.05) is 0 Å². The first kappa shape index (κ1) is 38.1. The largest absolute Gasteiger partial charge is 0.481 e. The van der Waals surface area contributed by atoms with E-state index in [-0.39, 0.29) is 19.3 Å². The number of carbonyl (C=O) groups is 3. The summed E-state index contributed by atoms with van der Waals surface area (Å²) in [4.78, 5) is 33.0. The van der Waals surface area contributed by atoms with Crippen LogP contribution < -0.4 is 0 Å². The van der Waals surface area contributed by atoms with E-state index in [2.05, 4.69) is 19.1 Å². The molecule has 0 aliphatic heterocycles. The summed E-state index contributed by atoms with van der Waals surface area (Å²) in [5, 5.41) is 27.1. The number of allylic oxidation sites excluding steroid dienone is 2. The predicted molar refractivity (Wildman–Crippen MR) is 164 cm³/mol. The van der Waals surface area contributed by atoms with Crippen molar-refractivity contribution in [3.63, 3.8) is 0 Å². The van der Waals surface area contributed by atoms with Crippen molar-refractivity contribution in [2.24, 2.45) is 0 Å². The molecule has 0 aliphatic rings. The topological polar surface area (TPSA) is 112 Å². The number of aliphatic carboxylic acids is 3. The van der Waals surface area contributed by atoms with Gasteiger partial charge >= 0.3 is 17.9 Å². The number of rotatable bonds is 31. The Morgan fingerprint density at radius 2 is 0.775 bits per heavy atom. The lowest BCUT2D eigenvalue weighted by Crippen LogP contribution is -2.50. The Labute approximate surface area is 245 Å². The molecule has 0 saturated heterocycles. The minimum absolute atomic E-state index is 0.166. The van der Waals surface area contributed by atoms with E-state index in [0.717, 1.165) is 69.2 Å². The zero-order valence-electron chi connectivity index (χ0n) is 25.8. The molecule has 0 rings (SSSR count). The van der Waals surface area contributed by atoms with E-state index in [4.69, 9.17) is 15.3 Å². The van der Waals surface area contributed by atoms with Gasteiger partial charge in [-0.25, -0.2) is 0 Å². The maximum Gasteiger partial charge on any atom is 0.303 e. The second-order valence-corrected chi connectivity index (χ2v) is 11.7. The number of unbranched alkanes of at least 4 members (excludes halogenated alkanes) is 15. The van der Waals surface area contributed by atoms with Crippen molar-refractivity contribution in [1.29, 1.82) is 0 Å². The third-order valence-electron chi connectivity index (χ3n) is 7.96. The molecule has 0 radical (unpaired) electrons. The molecule has 0 saturated carbocycles. The van der Waals surface area contributed by atoms with Gasteiger partial charge in [0.05, 0.1) is 26.2 Å². The Hall–Kier alpha value is -1.89. The van der Waals surface area contributed by atoms with Gasteiger partial charge in [0, 0.05) is 25.7 Å². The molecule has 0 atom stereocenters. The van der Waals surface area contributed by atoms with Gasteiger partial charge in [-0.05, 0) is 57.8 Å².